The van der Waals surface area contributed by atoms with Crippen LogP contribution in [0.1, 0.15) is 74.1 Å². The molecule has 2 aliphatic rings. The summed E-state index contributed by atoms with van der Waals surface area (Å²) in [5, 5.41) is 41.1. The molecule has 15 nitrogen and oxygen atoms in total. The lowest BCUT2D eigenvalue weighted by Gasteiger charge is -2.46. The highest BCUT2D eigenvalue weighted by Crippen LogP contribution is 2.38. The molecule has 0 aliphatic carbocycles. The number of aliphatic hydroxyl groups excluding tert-OH is 4. The molecule has 0 aromatic carbocycles. The summed E-state index contributed by atoms with van der Waals surface area (Å²) < 4.78 is 40.0. The monoisotopic (exact) mass is 650 g/mol. The Balaban J connectivity index is 2.66. The molecule has 10 atom stereocenters. The largest absolute Gasteiger partial charge is 0.463 e. The van der Waals surface area contributed by atoms with Crippen molar-refractivity contribution < 1.29 is 72.8 Å². The second-order valence-electron chi connectivity index (χ2n) is 12.5. The molecule has 0 bridgehead atoms. The van der Waals surface area contributed by atoms with Crippen molar-refractivity contribution in [1.82, 2.24) is 0 Å². The minimum Gasteiger partial charge on any atom is -0.463 e. The summed E-state index contributed by atoms with van der Waals surface area (Å²) in [7, 11) is 0. The van der Waals surface area contributed by atoms with Crippen molar-refractivity contribution >= 4 is 23.9 Å². The van der Waals surface area contributed by atoms with E-state index in [1.807, 2.05) is 13.8 Å². The molecule has 0 radical (unpaired) electrons. The second kappa shape index (κ2) is 17.5. The van der Waals surface area contributed by atoms with Crippen LogP contribution in [0.5, 0.6) is 0 Å². The van der Waals surface area contributed by atoms with E-state index in [1.54, 1.807) is 27.7 Å². The SMILES string of the molecule is CCC(C)CC(=O)O[C@H]1[C@@H](O[C@]2(CO)O[C@H](CO)[C@@H](O)[C@@H]2O)O[C@H](COC(C)=O)[C@@H](OC(=O)CC(C)C)[C@@H]1OC(=O)CC(C)C. The van der Waals surface area contributed by atoms with Crippen molar-refractivity contribution in [2.45, 2.75) is 129 Å². The van der Waals surface area contributed by atoms with Crippen LogP contribution in [0.25, 0.3) is 0 Å². The zero-order valence-electron chi connectivity index (χ0n) is 27.1. The summed E-state index contributed by atoms with van der Waals surface area (Å²) >= 11 is 0. The zero-order valence-corrected chi connectivity index (χ0v) is 27.1. The molecule has 0 aromatic heterocycles. The van der Waals surface area contributed by atoms with Gasteiger partial charge in [-0.2, -0.15) is 0 Å². The van der Waals surface area contributed by atoms with Gasteiger partial charge in [0.1, 0.15) is 37.6 Å². The third-order valence-corrected chi connectivity index (χ3v) is 7.43. The molecule has 45 heavy (non-hydrogen) atoms. The van der Waals surface area contributed by atoms with Crippen LogP contribution in [-0.4, -0.2) is 119 Å². The van der Waals surface area contributed by atoms with E-state index in [1.165, 1.54) is 0 Å². The normalized spacial score (nSPS) is 32.3. The van der Waals surface area contributed by atoms with Gasteiger partial charge in [-0.3, -0.25) is 19.2 Å². The number of aliphatic hydroxyl groups is 4. The topological polar surface area (TPSA) is 214 Å². The maximum atomic E-state index is 13.2. The highest BCUT2D eigenvalue weighted by molar-refractivity contribution is 5.72. The van der Waals surface area contributed by atoms with E-state index in [-0.39, 0.29) is 37.0 Å². The van der Waals surface area contributed by atoms with Gasteiger partial charge in [-0.1, -0.05) is 48.0 Å². The summed E-state index contributed by atoms with van der Waals surface area (Å²) in [6.07, 6.45) is -12.4. The highest BCUT2D eigenvalue weighted by Gasteiger charge is 2.60. The van der Waals surface area contributed by atoms with Crippen LogP contribution in [0.4, 0.5) is 0 Å². The molecule has 0 saturated carbocycles. The van der Waals surface area contributed by atoms with Gasteiger partial charge in [-0.15, -0.1) is 0 Å². The van der Waals surface area contributed by atoms with Crippen LogP contribution in [0.2, 0.25) is 0 Å². The van der Waals surface area contributed by atoms with Crippen LogP contribution in [0, 0.1) is 17.8 Å². The van der Waals surface area contributed by atoms with Crippen molar-refractivity contribution in [2.24, 2.45) is 17.8 Å². The van der Waals surface area contributed by atoms with E-state index in [0.717, 1.165) is 6.92 Å². The minimum atomic E-state index is -2.40. The molecule has 0 aromatic rings. The summed E-state index contributed by atoms with van der Waals surface area (Å²) in [6, 6.07) is 0. The van der Waals surface area contributed by atoms with Gasteiger partial charge in [-0.25, -0.2) is 0 Å². The zero-order chi connectivity index (χ0) is 34.1. The fourth-order valence-corrected chi connectivity index (χ4v) is 4.87. The molecule has 0 spiro atoms. The Morgan fingerprint density at radius 3 is 1.80 bits per heavy atom. The van der Waals surface area contributed by atoms with Crippen molar-refractivity contribution in [3.63, 3.8) is 0 Å². The number of carbonyl (C=O) groups excluding carboxylic acids is 4. The predicted molar refractivity (Wildman–Crippen MR) is 153 cm³/mol. The first-order valence-electron chi connectivity index (χ1n) is 15.4. The Bertz CT molecular complexity index is 986. The van der Waals surface area contributed by atoms with Crippen LogP contribution in [0.3, 0.4) is 0 Å². The van der Waals surface area contributed by atoms with Gasteiger partial charge in [-0.05, 0) is 17.8 Å². The lowest BCUT2D eigenvalue weighted by atomic mass is 9.97. The molecule has 1 unspecified atom stereocenters. The quantitative estimate of drug-likeness (QED) is 0.131. The van der Waals surface area contributed by atoms with Crippen molar-refractivity contribution in [1.29, 1.82) is 0 Å². The molecule has 260 valence electrons. The predicted octanol–water partition coefficient (Wildman–Crippen LogP) is 0.356. The molecule has 15 heteroatoms. The van der Waals surface area contributed by atoms with Gasteiger partial charge < -0.3 is 53.6 Å². The molecular formula is C30H50O15. The first-order chi connectivity index (χ1) is 21.1. The average molecular weight is 651 g/mol. The van der Waals surface area contributed by atoms with Crippen molar-refractivity contribution in [2.75, 3.05) is 19.8 Å². The van der Waals surface area contributed by atoms with Crippen molar-refractivity contribution in [3.05, 3.63) is 0 Å². The highest BCUT2D eigenvalue weighted by atomic mass is 16.8. The van der Waals surface area contributed by atoms with E-state index < -0.39 is 98.5 Å². The lowest BCUT2D eigenvalue weighted by Crippen LogP contribution is -2.65. The van der Waals surface area contributed by atoms with Gasteiger partial charge in [0.2, 0.25) is 12.1 Å². The Kier molecular flexibility index (Phi) is 15.1. The summed E-state index contributed by atoms with van der Waals surface area (Å²) in [4.78, 5) is 50.9. The molecule has 2 rings (SSSR count). The molecule has 2 aliphatic heterocycles. The molecule has 4 N–H and O–H groups in total. The van der Waals surface area contributed by atoms with E-state index in [9.17, 15) is 39.6 Å². The maximum absolute atomic E-state index is 13.2. The minimum absolute atomic E-state index is 0.0318. The van der Waals surface area contributed by atoms with Gasteiger partial charge in [0.15, 0.2) is 18.3 Å². The number of hydrogen-bond donors (Lipinski definition) is 4. The van der Waals surface area contributed by atoms with E-state index >= 15 is 0 Å². The van der Waals surface area contributed by atoms with E-state index in [4.69, 9.17) is 33.2 Å². The summed E-state index contributed by atoms with van der Waals surface area (Å²) in [5.41, 5.74) is 0. The fourth-order valence-electron chi connectivity index (χ4n) is 4.87. The summed E-state index contributed by atoms with van der Waals surface area (Å²) in [6.45, 7) is 9.61. The Morgan fingerprint density at radius 2 is 1.33 bits per heavy atom. The summed E-state index contributed by atoms with van der Waals surface area (Å²) in [5.74, 6) is -5.67. The molecular weight excluding hydrogens is 600 g/mol. The number of ether oxygens (including phenoxy) is 7. The third-order valence-electron chi connectivity index (χ3n) is 7.43. The first-order valence-corrected chi connectivity index (χ1v) is 15.4. The second-order valence-corrected chi connectivity index (χ2v) is 12.5. The molecule has 0 amide bonds. The number of rotatable bonds is 16. The van der Waals surface area contributed by atoms with Crippen LogP contribution in [0.15, 0.2) is 0 Å². The van der Waals surface area contributed by atoms with E-state index in [0.29, 0.717) is 6.42 Å². The van der Waals surface area contributed by atoms with Gasteiger partial charge in [0, 0.05) is 26.2 Å². The molecule has 2 fully saturated rings. The van der Waals surface area contributed by atoms with Gasteiger partial charge in [0.05, 0.1) is 6.61 Å². The van der Waals surface area contributed by atoms with Crippen LogP contribution >= 0.6 is 0 Å². The number of hydrogen-bond acceptors (Lipinski definition) is 15. The van der Waals surface area contributed by atoms with Gasteiger partial charge in [0.25, 0.3) is 0 Å². The Hall–Kier alpha value is -2.40. The van der Waals surface area contributed by atoms with Crippen molar-refractivity contribution in [3.8, 4) is 0 Å². The maximum Gasteiger partial charge on any atom is 0.306 e. The average Bonchev–Trinajstić information content (AvgIpc) is 3.18. The Labute approximate surface area is 263 Å². The third kappa shape index (κ3) is 10.8. The number of esters is 4. The smallest absolute Gasteiger partial charge is 0.306 e. The number of carbonyl (C=O) groups is 4. The molecule has 2 saturated heterocycles. The molecule has 2 heterocycles. The lowest BCUT2D eigenvalue weighted by molar-refractivity contribution is -0.384. The Morgan fingerprint density at radius 1 is 0.800 bits per heavy atom. The van der Waals surface area contributed by atoms with Crippen LogP contribution in [-0.2, 0) is 52.3 Å². The first kappa shape index (κ1) is 38.8. The van der Waals surface area contributed by atoms with Gasteiger partial charge >= 0.3 is 23.9 Å². The fraction of sp³-hybridized carbons (Fsp3) is 0.867. The van der Waals surface area contributed by atoms with Crippen LogP contribution < -0.4 is 0 Å². The standard InChI is InChI=1S/C30H50O15/c1-8-17(6)11-23(36)43-27-26(42-22(35)10-16(4)5)25(41-21(34)9-15(2)3)20(13-39-18(7)33)40-29(27)45-30(14-32)28(38)24(37)19(12-31)44-30/h15-17,19-20,24-29,31-32,37-38H,8-14H2,1-7H3/t17?,19-,20-,24-,25-,26+,27-,28+,29-,30+/m1/s1. The van der Waals surface area contributed by atoms with E-state index in [2.05, 4.69) is 0 Å².